The molecule has 0 aliphatic rings. The molecule has 4 nitrogen and oxygen atoms in total. The average molecular weight is 285 g/mol. The van der Waals surface area contributed by atoms with Crippen molar-refractivity contribution in [2.45, 2.75) is 19.5 Å². The lowest BCUT2D eigenvalue weighted by Crippen LogP contribution is -2.25. The van der Waals surface area contributed by atoms with Crippen molar-refractivity contribution in [3.05, 3.63) is 45.4 Å². The normalized spacial score (nSPS) is 12.6. The van der Waals surface area contributed by atoms with Crippen LogP contribution in [-0.4, -0.2) is 21.9 Å². The maximum Gasteiger partial charge on any atom is 0.131 e. The summed E-state index contributed by atoms with van der Waals surface area (Å²) in [6, 6.07) is 2.68. The van der Waals surface area contributed by atoms with Crippen LogP contribution in [0.5, 0.6) is 0 Å². The van der Waals surface area contributed by atoms with Gasteiger partial charge in [-0.1, -0.05) is 6.07 Å². The van der Waals surface area contributed by atoms with Crippen LogP contribution in [0.3, 0.4) is 0 Å². The molecule has 0 bridgehead atoms. The summed E-state index contributed by atoms with van der Waals surface area (Å²) < 4.78 is 26.4. The van der Waals surface area contributed by atoms with Gasteiger partial charge in [-0.05, 0) is 13.0 Å². The molecule has 0 aliphatic carbocycles. The van der Waals surface area contributed by atoms with Crippen LogP contribution >= 0.6 is 11.3 Å². The first-order chi connectivity index (χ1) is 9.10. The molecule has 0 spiro atoms. The number of nitrogens with zero attached hydrogens (tertiary/aromatic N) is 2. The van der Waals surface area contributed by atoms with Crippen LogP contribution in [0.25, 0.3) is 0 Å². The number of rotatable bonds is 5. The van der Waals surface area contributed by atoms with Gasteiger partial charge < -0.3 is 10.4 Å². The molecule has 1 atom stereocenters. The largest absolute Gasteiger partial charge is 0.394 e. The quantitative estimate of drug-likeness (QED) is 0.881. The molecule has 1 heterocycles. The molecule has 1 unspecified atom stereocenters. The average Bonchev–Trinajstić information content (AvgIpc) is 2.78. The maximum absolute atomic E-state index is 13.6. The smallest absolute Gasteiger partial charge is 0.131 e. The van der Waals surface area contributed by atoms with Crippen LogP contribution in [0, 0.1) is 18.6 Å². The van der Waals surface area contributed by atoms with Crippen molar-refractivity contribution in [2.24, 2.45) is 0 Å². The number of aliphatic hydroxyl groups is 1. The molecule has 0 saturated carbocycles. The fourth-order valence-electron chi connectivity index (χ4n) is 1.68. The number of hydrogen-bond acceptors (Lipinski definition) is 5. The number of aryl methyl sites for hydroxylation is 1. The molecule has 0 saturated heterocycles. The van der Waals surface area contributed by atoms with E-state index in [9.17, 15) is 13.9 Å². The van der Waals surface area contributed by atoms with Crippen LogP contribution < -0.4 is 5.32 Å². The second kappa shape index (κ2) is 6.14. The van der Waals surface area contributed by atoms with E-state index in [1.54, 1.807) is 0 Å². The van der Waals surface area contributed by atoms with Crippen molar-refractivity contribution in [3.63, 3.8) is 0 Å². The number of aromatic nitrogens is 2. The van der Waals surface area contributed by atoms with Gasteiger partial charge in [0, 0.05) is 11.6 Å². The standard InChI is InChI=1S/C12H13F2N3OS/c1-7-16-17-12(19-7)5-15-11(6-18)9-3-2-8(13)4-10(9)14/h2-4,11,15,18H,5-6H2,1H3. The third-order valence-corrected chi connectivity index (χ3v) is 3.43. The summed E-state index contributed by atoms with van der Waals surface area (Å²) in [6.07, 6.45) is 0. The van der Waals surface area contributed by atoms with Crippen molar-refractivity contribution in [3.8, 4) is 0 Å². The van der Waals surface area contributed by atoms with E-state index in [2.05, 4.69) is 15.5 Å². The van der Waals surface area contributed by atoms with Crippen molar-refractivity contribution in [1.29, 1.82) is 0 Å². The van der Waals surface area contributed by atoms with Crippen molar-refractivity contribution in [1.82, 2.24) is 15.5 Å². The SMILES string of the molecule is Cc1nnc(CNC(CO)c2ccc(F)cc2F)s1. The zero-order valence-electron chi connectivity index (χ0n) is 10.2. The third kappa shape index (κ3) is 3.52. The Morgan fingerprint density at radius 2 is 2.16 bits per heavy atom. The van der Waals surface area contributed by atoms with E-state index in [0.717, 1.165) is 22.1 Å². The highest BCUT2D eigenvalue weighted by molar-refractivity contribution is 7.11. The number of aliphatic hydroxyl groups excluding tert-OH is 1. The molecular weight excluding hydrogens is 272 g/mol. The lowest BCUT2D eigenvalue weighted by Gasteiger charge is -2.16. The van der Waals surface area contributed by atoms with Crippen molar-refractivity contribution < 1.29 is 13.9 Å². The van der Waals surface area contributed by atoms with Gasteiger partial charge in [0.05, 0.1) is 19.2 Å². The van der Waals surface area contributed by atoms with Gasteiger partial charge in [-0.3, -0.25) is 0 Å². The van der Waals surface area contributed by atoms with Gasteiger partial charge in [-0.25, -0.2) is 8.78 Å². The predicted molar refractivity (Wildman–Crippen MR) is 67.7 cm³/mol. The minimum absolute atomic E-state index is 0.227. The molecule has 1 aromatic heterocycles. The van der Waals surface area contributed by atoms with Crippen molar-refractivity contribution in [2.75, 3.05) is 6.61 Å². The van der Waals surface area contributed by atoms with E-state index in [4.69, 9.17) is 0 Å². The summed E-state index contributed by atoms with van der Waals surface area (Å²) >= 11 is 1.42. The second-order valence-corrected chi connectivity index (χ2v) is 5.26. The van der Waals surface area contributed by atoms with E-state index < -0.39 is 17.7 Å². The Labute approximate surface area is 113 Å². The predicted octanol–water partition coefficient (Wildman–Crippen LogP) is 1.95. The fraction of sp³-hybridized carbons (Fsp3) is 0.333. The minimum atomic E-state index is -0.681. The Hall–Kier alpha value is -1.44. The summed E-state index contributed by atoms with van der Waals surface area (Å²) in [5.74, 6) is -1.32. The first-order valence-electron chi connectivity index (χ1n) is 5.68. The summed E-state index contributed by atoms with van der Waals surface area (Å²) in [5.41, 5.74) is 0.227. The number of nitrogens with one attached hydrogen (secondary N) is 1. The molecule has 2 N–H and O–H groups in total. The van der Waals surface area contributed by atoms with E-state index >= 15 is 0 Å². The highest BCUT2D eigenvalue weighted by Gasteiger charge is 2.15. The highest BCUT2D eigenvalue weighted by Crippen LogP contribution is 2.19. The van der Waals surface area contributed by atoms with Crippen LogP contribution in [-0.2, 0) is 6.54 Å². The first-order valence-corrected chi connectivity index (χ1v) is 6.50. The van der Waals surface area contributed by atoms with Gasteiger partial charge in [0.25, 0.3) is 0 Å². The lowest BCUT2D eigenvalue weighted by atomic mass is 10.1. The summed E-state index contributed by atoms with van der Waals surface area (Å²) in [5, 5.41) is 21.6. The van der Waals surface area contributed by atoms with Crippen LogP contribution in [0.15, 0.2) is 18.2 Å². The number of halogens is 2. The maximum atomic E-state index is 13.6. The third-order valence-electron chi connectivity index (χ3n) is 2.59. The van der Waals surface area contributed by atoms with Gasteiger partial charge in [0.1, 0.15) is 21.6 Å². The molecule has 0 fully saturated rings. The van der Waals surface area contributed by atoms with E-state index in [0.29, 0.717) is 6.54 Å². The highest BCUT2D eigenvalue weighted by atomic mass is 32.1. The van der Waals surface area contributed by atoms with Gasteiger partial charge in [-0.15, -0.1) is 21.5 Å². The topological polar surface area (TPSA) is 58.0 Å². The first kappa shape index (κ1) is 14.0. The number of benzene rings is 1. The van der Waals surface area contributed by atoms with Gasteiger partial charge in [0.2, 0.25) is 0 Å². The Morgan fingerprint density at radius 3 is 2.74 bits per heavy atom. The molecule has 0 radical (unpaired) electrons. The van der Waals surface area contributed by atoms with E-state index in [1.807, 2.05) is 6.92 Å². The molecule has 1 aromatic carbocycles. The van der Waals surface area contributed by atoms with Gasteiger partial charge in [-0.2, -0.15) is 0 Å². The van der Waals surface area contributed by atoms with E-state index in [1.165, 1.54) is 17.4 Å². The summed E-state index contributed by atoms with van der Waals surface area (Å²) in [7, 11) is 0. The van der Waals surface area contributed by atoms with E-state index in [-0.39, 0.29) is 12.2 Å². The molecule has 0 aliphatic heterocycles. The summed E-state index contributed by atoms with van der Waals surface area (Å²) in [6.45, 7) is 1.91. The Morgan fingerprint density at radius 1 is 1.37 bits per heavy atom. The molecule has 102 valence electrons. The van der Waals surface area contributed by atoms with Crippen LogP contribution in [0.1, 0.15) is 21.6 Å². The number of hydrogen-bond donors (Lipinski definition) is 2. The molecule has 2 aromatic rings. The van der Waals surface area contributed by atoms with Gasteiger partial charge in [0.15, 0.2) is 0 Å². The molecule has 0 amide bonds. The van der Waals surface area contributed by atoms with Gasteiger partial charge >= 0.3 is 0 Å². The second-order valence-electron chi connectivity index (χ2n) is 4.00. The monoisotopic (exact) mass is 285 g/mol. The molecule has 2 rings (SSSR count). The zero-order chi connectivity index (χ0) is 13.8. The molecular formula is C12H13F2N3OS. The fourth-order valence-corrected chi connectivity index (χ4v) is 2.34. The van der Waals surface area contributed by atoms with Crippen LogP contribution in [0.4, 0.5) is 8.78 Å². The Bertz CT molecular complexity index is 562. The Kier molecular flexibility index (Phi) is 4.52. The molecule has 7 heteroatoms. The summed E-state index contributed by atoms with van der Waals surface area (Å²) in [4.78, 5) is 0. The molecule has 19 heavy (non-hydrogen) atoms. The lowest BCUT2D eigenvalue weighted by molar-refractivity contribution is 0.240. The zero-order valence-corrected chi connectivity index (χ0v) is 11.0. The Balaban J connectivity index is 2.07. The minimum Gasteiger partial charge on any atom is -0.394 e. The van der Waals surface area contributed by atoms with Crippen LogP contribution in [0.2, 0.25) is 0 Å². The van der Waals surface area contributed by atoms with Crippen molar-refractivity contribution >= 4 is 11.3 Å².